The number of nitrogens with zero attached hydrogens (tertiary/aromatic N) is 1. The molecule has 0 atom stereocenters. The van der Waals surface area contributed by atoms with Crippen LogP contribution in [0.4, 0.5) is 0 Å². The Hall–Kier alpha value is -1.05. The molecule has 0 saturated carbocycles. The van der Waals surface area contributed by atoms with Gasteiger partial charge in [0.05, 0.1) is 0 Å². The summed E-state index contributed by atoms with van der Waals surface area (Å²) in [6, 6.07) is 0. The van der Waals surface area contributed by atoms with Gasteiger partial charge < -0.3 is 4.90 Å². The maximum Gasteiger partial charge on any atom is 0.228 e. The summed E-state index contributed by atoms with van der Waals surface area (Å²) in [6.07, 6.45) is 6.61. The zero-order valence-corrected chi connectivity index (χ0v) is 13.8. The van der Waals surface area contributed by atoms with Crippen molar-refractivity contribution >= 4 is 5.91 Å². The number of allylic oxidation sites excluding steroid dienone is 3. The van der Waals surface area contributed by atoms with Gasteiger partial charge >= 0.3 is 0 Å². The maximum absolute atomic E-state index is 12.2. The van der Waals surface area contributed by atoms with E-state index in [1.807, 2.05) is 32.6 Å². The number of carbonyl (C=O) groups is 1. The average Bonchev–Trinajstić information content (AvgIpc) is 2.27. The highest BCUT2D eigenvalue weighted by Crippen LogP contribution is 2.17. The van der Waals surface area contributed by atoms with Crippen molar-refractivity contribution in [2.75, 3.05) is 13.1 Å². The molecule has 0 aliphatic rings. The van der Waals surface area contributed by atoms with Crippen LogP contribution >= 0.6 is 0 Å². The molecular formula is C17H31NO. The van der Waals surface area contributed by atoms with Gasteiger partial charge in [-0.1, -0.05) is 44.1 Å². The minimum atomic E-state index is -0.292. The molecule has 0 bridgehead atoms. The Morgan fingerprint density at radius 3 is 2.11 bits per heavy atom. The molecule has 0 aromatic carbocycles. The number of amides is 1. The predicted molar refractivity (Wildman–Crippen MR) is 84.1 cm³/mol. The van der Waals surface area contributed by atoms with E-state index in [0.29, 0.717) is 0 Å². The average molecular weight is 265 g/mol. The van der Waals surface area contributed by atoms with Crippen LogP contribution in [0.15, 0.2) is 23.3 Å². The summed E-state index contributed by atoms with van der Waals surface area (Å²) in [6.45, 7) is 15.9. The summed E-state index contributed by atoms with van der Waals surface area (Å²) in [5, 5.41) is 0. The van der Waals surface area contributed by atoms with Crippen LogP contribution < -0.4 is 0 Å². The fraction of sp³-hybridized carbons (Fsp3) is 0.706. The van der Waals surface area contributed by atoms with Crippen molar-refractivity contribution in [1.82, 2.24) is 4.90 Å². The Bertz CT molecular complexity index is 341. The summed E-state index contributed by atoms with van der Waals surface area (Å²) >= 11 is 0. The third-order valence-corrected chi connectivity index (χ3v) is 3.06. The van der Waals surface area contributed by atoms with Crippen LogP contribution in [0.1, 0.15) is 61.3 Å². The van der Waals surface area contributed by atoms with Crippen LogP contribution in [-0.2, 0) is 4.79 Å². The van der Waals surface area contributed by atoms with E-state index in [2.05, 4.69) is 32.9 Å². The lowest BCUT2D eigenvalue weighted by atomic mass is 9.94. The van der Waals surface area contributed by atoms with Crippen LogP contribution in [0.25, 0.3) is 0 Å². The van der Waals surface area contributed by atoms with E-state index < -0.39 is 0 Å². The molecule has 110 valence electrons. The highest BCUT2D eigenvalue weighted by Gasteiger charge is 2.25. The summed E-state index contributed by atoms with van der Waals surface area (Å²) in [4.78, 5) is 14.1. The Balaban J connectivity index is 4.41. The van der Waals surface area contributed by atoms with Gasteiger partial charge in [-0.2, -0.15) is 0 Å². The second kappa shape index (κ2) is 8.19. The van der Waals surface area contributed by atoms with E-state index in [1.54, 1.807) is 0 Å². The largest absolute Gasteiger partial charge is 0.339 e. The Kier molecular flexibility index (Phi) is 7.73. The lowest BCUT2D eigenvalue weighted by Gasteiger charge is -2.27. The molecule has 0 rings (SSSR count). The number of likely N-dealkylation sites (N-methyl/N-ethyl adjacent to an activating group) is 1. The molecule has 2 heteroatoms. The first-order valence-electron chi connectivity index (χ1n) is 7.26. The number of hydrogen-bond donors (Lipinski definition) is 0. The molecule has 0 aromatic rings. The summed E-state index contributed by atoms with van der Waals surface area (Å²) in [5.74, 6) is 0.225. The van der Waals surface area contributed by atoms with E-state index in [-0.39, 0.29) is 11.3 Å². The lowest BCUT2D eigenvalue weighted by molar-refractivity contribution is -0.138. The molecule has 0 unspecified atom stereocenters. The lowest BCUT2D eigenvalue weighted by Crippen LogP contribution is -2.39. The fourth-order valence-electron chi connectivity index (χ4n) is 1.79. The maximum atomic E-state index is 12.2. The van der Waals surface area contributed by atoms with E-state index >= 15 is 0 Å². The van der Waals surface area contributed by atoms with Crippen molar-refractivity contribution in [1.29, 1.82) is 0 Å². The summed E-state index contributed by atoms with van der Waals surface area (Å²) in [5.41, 5.74) is 2.43. The van der Waals surface area contributed by atoms with Crippen molar-refractivity contribution in [2.45, 2.75) is 61.3 Å². The minimum absolute atomic E-state index is 0.225. The van der Waals surface area contributed by atoms with Gasteiger partial charge in [0.1, 0.15) is 0 Å². The van der Waals surface area contributed by atoms with E-state index in [0.717, 1.165) is 25.9 Å². The second-order valence-electron chi connectivity index (χ2n) is 6.46. The van der Waals surface area contributed by atoms with Gasteiger partial charge in [0.15, 0.2) is 0 Å². The van der Waals surface area contributed by atoms with Gasteiger partial charge in [0.2, 0.25) is 5.91 Å². The topological polar surface area (TPSA) is 20.3 Å². The normalized spacial score (nSPS) is 12.3. The molecule has 19 heavy (non-hydrogen) atoms. The molecule has 0 fully saturated rings. The first kappa shape index (κ1) is 17.9. The van der Waals surface area contributed by atoms with Crippen molar-refractivity contribution in [3.8, 4) is 0 Å². The van der Waals surface area contributed by atoms with Gasteiger partial charge in [-0.25, -0.2) is 0 Å². The smallest absolute Gasteiger partial charge is 0.228 e. The molecular weight excluding hydrogens is 234 g/mol. The van der Waals surface area contributed by atoms with Gasteiger partial charge in [-0.15, -0.1) is 0 Å². The SMILES string of the molecule is CCN(CC=C(C)CCC=C(C)C)C(=O)C(C)(C)C. The van der Waals surface area contributed by atoms with Gasteiger partial charge in [0, 0.05) is 18.5 Å². The van der Waals surface area contributed by atoms with E-state index in [9.17, 15) is 4.79 Å². The monoisotopic (exact) mass is 265 g/mol. The molecule has 0 aliphatic carbocycles. The molecule has 2 nitrogen and oxygen atoms in total. The van der Waals surface area contributed by atoms with Crippen molar-refractivity contribution in [3.05, 3.63) is 23.3 Å². The molecule has 0 spiro atoms. The molecule has 0 N–H and O–H groups in total. The Morgan fingerprint density at radius 2 is 1.68 bits per heavy atom. The summed E-state index contributed by atoms with van der Waals surface area (Å²) in [7, 11) is 0. The number of hydrogen-bond acceptors (Lipinski definition) is 1. The molecule has 1 amide bonds. The zero-order valence-electron chi connectivity index (χ0n) is 13.8. The molecule has 0 saturated heterocycles. The van der Waals surface area contributed by atoms with Gasteiger partial charge in [0.25, 0.3) is 0 Å². The van der Waals surface area contributed by atoms with Crippen LogP contribution in [0.2, 0.25) is 0 Å². The number of carbonyl (C=O) groups excluding carboxylic acids is 1. The zero-order chi connectivity index (χ0) is 15.1. The van der Waals surface area contributed by atoms with Crippen LogP contribution in [0.3, 0.4) is 0 Å². The van der Waals surface area contributed by atoms with Gasteiger partial charge in [-0.05, 0) is 40.5 Å². The number of rotatable bonds is 6. The first-order chi connectivity index (χ1) is 8.68. The molecule has 0 aliphatic heterocycles. The highest BCUT2D eigenvalue weighted by atomic mass is 16.2. The fourth-order valence-corrected chi connectivity index (χ4v) is 1.79. The third kappa shape index (κ3) is 7.86. The van der Waals surface area contributed by atoms with Crippen molar-refractivity contribution in [3.63, 3.8) is 0 Å². The van der Waals surface area contributed by atoms with Crippen LogP contribution in [0.5, 0.6) is 0 Å². The van der Waals surface area contributed by atoms with Crippen LogP contribution in [0, 0.1) is 5.41 Å². The molecule has 0 aromatic heterocycles. The van der Waals surface area contributed by atoms with Gasteiger partial charge in [-0.3, -0.25) is 4.79 Å². The summed E-state index contributed by atoms with van der Waals surface area (Å²) < 4.78 is 0. The molecule has 0 heterocycles. The van der Waals surface area contributed by atoms with E-state index in [1.165, 1.54) is 11.1 Å². The second-order valence-corrected chi connectivity index (χ2v) is 6.46. The molecule has 0 radical (unpaired) electrons. The van der Waals surface area contributed by atoms with Crippen molar-refractivity contribution < 1.29 is 4.79 Å². The standard InChI is InChI=1S/C17H31NO/c1-8-18(16(19)17(5,6)7)13-12-15(4)11-9-10-14(2)3/h10,12H,8-9,11,13H2,1-7H3. The first-order valence-corrected chi connectivity index (χ1v) is 7.26. The predicted octanol–water partition coefficient (Wildman–Crippen LogP) is 4.57. The van der Waals surface area contributed by atoms with E-state index in [4.69, 9.17) is 0 Å². The minimum Gasteiger partial charge on any atom is -0.339 e. The Labute approximate surface area is 119 Å². The highest BCUT2D eigenvalue weighted by molar-refractivity contribution is 5.81. The Morgan fingerprint density at radius 1 is 1.11 bits per heavy atom. The quantitative estimate of drug-likeness (QED) is 0.644. The third-order valence-electron chi connectivity index (χ3n) is 3.06. The van der Waals surface area contributed by atoms with Crippen LogP contribution in [-0.4, -0.2) is 23.9 Å². The van der Waals surface area contributed by atoms with Crippen molar-refractivity contribution in [2.24, 2.45) is 5.41 Å².